The zero-order chi connectivity index (χ0) is 21.7. The van der Waals surface area contributed by atoms with Crippen molar-refractivity contribution in [1.82, 2.24) is 9.13 Å². The van der Waals surface area contributed by atoms with E-state index in [2.05, 4.69) is 0 Å². The minimum absolute atomic E-state index is 0.0150. The summed E-state index contributed by atoms with van der Waals surface area (Å²) >= 11 is 0. The first kappa shape index (κ1) is 21.3. The van der Waals surface area contributed by atoms with Gasteiger partial charge in [-0.3, -0.25) is 18.7 Å². The number of primary amides is 1. The quantitative estimate of drug-likeness (QED) is 0.586. The van der Waals surface area contributed by atoms with Gasteiger partial charge in [0.2, 0.25) is 11.8 Å². The van der Waals surface area contributed by atoms with Gasteiger partial charge in [-0.15, -0.1) is 0 Å². The normalized spacial score (nSPS) is 11.0. The average molecular weight is 412 g/mol. The number of carbonyl (C=O) groups is 2. The summed E-state index contributed by atoms with van der Waals surface area (Å²) < 4.78 is 16.6. The van der Waals surface area contributed by atoms with E-state index < -0.39 is 11.7 Å². The van der Waals surface area contributed by atoms with Crippen LogP contribution < -0.4 is 16.3 Å². The number of hydrogen-bond donors (Lipinski definition) is 1. The Kier molecular flexibility index (Phi) is 6.66. The highest BCUT2D eigenvalue weighted by atomic mass is 19.1. The molecular formula is C22H25FN4O3. The lowest BCUT2D eigenvalue weighted by atomic mass is 10.2. The molecule has 0 bridgehead atoms. The van der Waals surface area contributed by atoms with E-state index in [1.165, 1.54) is 29.2 Å². The third-order valence-corrected chi connectivity index (χ3v) is 4.94. The first-order valence-corrected chi connectivity index (χ1v) is 9.94. The second kappa shape index (κ2) is 9.39. The summed E-state index contributed by atoms with van der Waals surface area (Å²) in [5, 5.41) is 0. The van der Waals surface area contributed by atoms with Gasteiger partial charge in [0.15, 0.2) is 0 Å². The smallest absolute Gasteiger partial charge is 0.329 e. The first-order chi connectivity index (χ1) is 14.4. The highest BCUT2D eigenvalue weighted by Crippen LogP contribution is 2.18. The van der Waals surface area contributed by atoms with Crippen molar-refractivity contribution in [2.45, 2.75) is 39.3 Å². The number of carbonyl (C=O) groups excluding carboxylic acids is 2. The van der Waals surface area contributed by atoms with E-state index in [-0.39, 0.29) is 37.5 Å². The maximum absolute atomic E-state index is 13.3. The van der Waals surface area contributed by atoms with Crippen molar-refractivity contribution in [3.05, 3.63) is 64.8 Å². The van der Waals surface area contributed by atoms with Crippen LogP contribution in [0.5, 0.6) is 0 Å². The summed E-state index contributed by atoms with van der Waals surface area (Å²) in [5.74, 6) is -1.23. The molecule has 3 rings (SSSR count). The Hall–Kier alpha value is -3.42. The molecule has 30 heavy (non-hydrogen) atoms. The van der Waals surface area contributed by atoms with Crippen LogP contribution in [0, 0.1) is 5.82 Å². The molecule has 0 unspecified atom stereocenters. The van der Waals surface area contributed by atoms with Crippen LogP contribution in [0.4, 0.5) is 10.1 Å². The fraction of sp³-hybridized carbons (Fsp3) is 0.318. The van der Waals surface area contributed by atoms with E-state index in [1.807, 2.05) is 31.2 Å². The number of fused-ring (bicyclic) bond motifs is 1. The van der Waals surface area contributed by atoms with Gasteiger partial charge < -0.3 is 10.6 Å². The highest BCUT2D eigenvalue weighted by molar-refractivity contribution is 5.94. The second-order valence-corrected chi connectivity index (χ2v) is 7.06. The molecular weight excluding hydrogens is 387 g/mol. The molecule has 1 aromatic heterocycles. The van der Waals surface area contributed by atoms with Crippen LogP contribution >= 0.6 is 0 Å². The first-order valence-electron chi connectivity index (χ1n) is 9.94. The summed E-state index contributed by atoms with van der Waals surface area (Å²) in [6, 6.07) is 12.9. The molecule has 1 heterocycles. The van der Waals surface area contributed by atoms with Gasteiger partial charge in [-0.05, 0) is 42.8 Å². The largest absolute Gasteiger partial charge is 0.370 e. The molecule has 2 amide bonds. The number of imidazole rings is 1. The Labute approximate surface area is 173 Å². The van der Waals surface area contributed by atoms with Crippen molar-refractivity contribution < 1.29 is 14.0 Å². The molecule has 7 nitrogen and oxygen atoms in total. The van der Waals surface area contributed by atoms with Crippen LogP contribution in [0.15, 0.2) is 53.3 Å². The molecule has 0 aliphatic rings. The van der Waals surface area contributed by atoms with E-state index in [0.29, 0.717) is 12.2 Å². The molecule has 8 heteroatoms. The van der Waals surface area contributed by atoms with Crippen LogP contribution in [0.2, 0.25) is 0 Å². The summed E-state index contributed by atoms with van der Waals surface area (Å²) in [6.07, 6.45) is 0.855. The maximum atomic E-state index is 13.3. The molecule has 2 N–H and O–H groups in total. The SMILES string of the molecule is CCCn1c(=O)n(CCC(=O)N(CCC(N)=O)c2ccc(F)cc2)c2ccccc21. The maximum Gasteiger partial charge on any atom is 0.329 e. The number of aromatic nitrogens is 2. The minimum atomic E-state index is -0.534. The number of halogens is 1. The molecule has 0 fully saturated rings. The van der Waals surface area contributed by atoms with Crippen LogP contribution in [-0.2, 0) is 22.7 Å². The number of rotatable bonds is 9. The number of aryl methyl sites for hydroxylation is 2. The monoisotopic (exact) mass is 412 g/mol. The molecule has 3 aromatic rings. The number of nitrogens with two attached hydrogens (primary N) is 1. The van der Waals surface area contributed by atoms with E-state index >= 15 is 0 Å². The Bertz CT molecular complexity index is 1100. The fourth-order valence-corrected chi connectivity index (χ4v) is 3.51. The Morgan fingerprint density at radius 3 is 2.13 bits per heavy atom. The number of benzene rings is 2. The summed E-state index contributed by atoms with van der Waals surface area (Å²) in [6.45, 7) is 2.89. The van der Waals surface area contributed by atoms with Gasteiger partial charge in [0.25, 0.3) is 0 Å². The molecule has 0 aliphatic heterocycles. The zero-order valence-corrected chi connectivity index (χ0v) is 16.9. The van der Waals surface area contributed by atoms with Crippen molar-refractivity contribution >= 4 is 28.5 Å². The van der Waals surface area contributed by atoms with Crippen LogP contribution in [0.1, 0.15) is 26.2 Å². The minimum Gasteiger partial charge on any atom is -0.370 e. The van der Waals surface area contributed by atoms with E-state index in [1.54, 1.807) is 9.13 Å². The lowest BCUT2D eigenvalue weighted by molar-refractivity contribution is -0.119. The molecule has 2 aromatic carbocycles. The fourth-order valence-electron chi connectivity index (χ4n) is 3.51. The Morgan fingerprint density at radius 1 is 0.967 bits per heavy atom. The highest BCUT2D eigenvalue weighted by Gasteiger charge is 2.19. The number of nitrogens with zero attached hydrogens (tertiary/aromatic N) is 3. The van der Waals surface area contributed by atoms with Crippen molar-refractivity contribution in [1.29, 1.82) is 0 Å². The third-order valence-electron chi connectivity index (χ3n) is 4.94. The number of hydrogen-bond acceptors (Lipinski definition) is 3. The molecule has 158 valence electrons. The lowest BCUT2D eigenvalue weighted by Crippen LogP contribution is -2.35. The number of anilines is 1. The molecule has 0 saturated carbocycles. The third kappa shape index (κ3) is 4.59. The van der Waals surface area contributed by atoms with Crippen molar-refractivity contribution in [2.75, 3.05) is 11.4 Å². The average Bonchev–Trinajstić information content (AvgIpc) is 2.99. The Morgan fingerprint density at radius 2 is 1.57 bits per heavy atom. The summed E-state index contributed by atoms with van der Waals surface area (Å²) in [4.78, 5) is 38.5. The van der Waals surface area contributed by atoms with Crippen molar-refractivity contribution in [3.8, 4) is 0 Å². The standard InChI is InChI=1S/C22H25FN4O3/c1-2-13-26-18-5-3-4-6-19(18)27(22(26)30)15-12-21(29)25(14-11-20(24)28)17-9-7-16(23)8-10-17/h3-10H,2,11-15H2,1H3,(H2,24,28). The number of para-hydroxylation sites is 2. The summed E-state index contributed by atoms with van der Waals surface area (Å²) in [7, 11) is 0. The van der Waals surface area contributed by atoms with Crippen molar-refractivity contribution in [3.63, 3.8) is 0 Å². The van der Waals surface area contributed by atoms with Gasteiger partial charge in [-0.25, -0.2) is 9.18 Å². The zero-order valence-electron chi connectivity index (χ0n) is 16.9. The van der Waals surface area contributed by atoms with Crippen LogP contribution in [0.3, 0.4) is 0 Å². The number of amides is 2. The van der Waals surface area contributed by atoms with E-state index in [9.17, 15) is 18.8 Å². The van der Waals surface area contributed by atoms with E-state index in [0.717, 1.165) is 17.5 Å². The van der Waals surface area contributed by atoms with Crippen LogP contribution in [0.25, 0.3) is 11.0 Å². The van der Waals surface area contributed by atoms with Gasteiger partial charge in [-0.2, -0.15) is 0 Å². The molecule has 0 radical (unpaired) electrons. The van der Waals surface area contributed by atoms with Gasteiger partial charge in [0.1, 0.15) is 5.82 Å². The van der Waals surface area contributed by atoms with Gasteiger partial charge >= 0.3 is 5.69 Å². The molecule has 0 spiro atoms. The summed E-state index contributed by atoms with van der Waals surface area (Å²) in [5.41, 5.74) is 7.16. The van der Waals surface area contributed by atoms with E-state index in [4.69, 9.17) is 5.73 Å². The van der Waals surface area contributed by atoms with Gasteiger partial charge in [-0.1, -0.05) is 19.1 Å². The predicted octanol–water partition coefficient (Wildman–Crippen LogP) is 2.65. The van der Waals surface area contributed by atoms with Crippen molar-refractivity contribution in [2.24, 2.45) is 5.73 Å². The second-order valence-electron chi connectivity index (χ2n) is 7.06. The lowest BCUT2D eigenvalue weighted by Gasteiger charge is -2.22. The Balaban J connectivity index is 1.84. The van der Waals surface area contributed by atoms with Gasteiger partial charge in [0, 0.05) is 38.2 Å². The molecule has 0 saturated heterocycles. The molecule has 0 atom stereocenters. The van der Waals surface area contributed by atoms with Crippen LogP contribution in [-0.4, -0.2) is 27.5 Å². The van der Waals surface area contributed by atoms with Gasteiger partial charge in [0.05, 0.1) is 11.0 Å². The topological polar surface area (TPSA) is 90.3 Å². The predicted molar refractivity (Wildman–Crippen MR) is 114 cm³/mol. The molecule has 0 aliphatic carbocycles.